The van der Waals surface area contributed by atoms with Crippen LogP contribution in [0.3, 0.4) is 0 Å². The van der Waals surface area contributed by atoms with Crippen molar-refractivity contribution in [1.82, 2.24) is 4.90 Å². The number of amides is 1. The lowest BCUT2D eigenvalue weighted by Gasteiger charge is -2.17. The van der Waals surface area contributed by atoms with Crippen molar-refractivity contribution in [2.45, 2.75) is 33.6 Å². The maximum absolute atomic E-state index is 11.3. The van der Waals surface area contributed by atoms with Gasteiger partial charge in [-0.05, 0) is 24.0 Å². The van der Waals surface area contributed by atoms with Crippen LogP contribution >= 0.6 is 0 Å². The minimum atomic E-state index is 0.163. The molecule has 0 atom stereocenters. The number of carbonyl (C=O) groups is 1. The van der Waals surface area contributed by atoms with Crippen molar-refractivity contribution in [2.24, 2.45) is 0 Å². The number of hydrogen-bond donors (Lipinski definition) is 0. The second-order valence-electron chi connectivity index (χ2n) is 4.03. The third kappa shape index (κ3) is 3.62. The number of fused-ring (bicyclic) bond motifs is 1. The van der Waals surface area contributed by atoms with Crippen LogP contribution in [0.2, 0.25) is 0 Å². The zero-order valence-corrected chi connectivity index (χ0v) is 11.0. The molecule has 2 radical (unpaired) electrons. The van der Waals surface area contributed by atoms with Gasteiger partial charge >= 0.3 is 0 Å². The Hall–Kier alpha value is -1.25. The van der Waals surface area contributed by atoms with Crippen molar-refractivity contribution in [2.75, 3.05) is 13.1 Å². The number of benzene rings is 1. The lowest BCUT2D eigenvalue weighted by atomic mass is 9.90. The van der Waals surface area contributed by atoms with Gasteiger partial charge in [-0.2, -0.15) is 0 Å². The van der Waals surface area contributed by atoms with Crippen molar-refractivity contribution < 1.29 is 4.79 Å². The summed E-state index contributed by atoms with van der Waals surface area (Å²) in [5.41, 5.74) is 3.43. The first-order chi connectivity index (χ1) is 8.16. The highest BCUT2D eigenvalue weighted by Gasteiger charge is 2.15. The molecule has 2 nitrogen and oxygen atoms in total. The van der Waals surface area contributed by atoms with Gasteiger partial charge in [-0.1, -0.05) is 37.5 Å². The maximum Gasteiger partial charge on any atom is 0.219 e. The first-order valence-electron chi connectivity index (χ1n) is 6.29. The standard InChI is InChI=1S/C12H14BNO.C2H6/c1-9(15)14-6-4-10-2-3-12(13)8-11(10)5-7-14;1-2/h2-3,8H,4-7H2,1H3;1-2H3. The van der Waals surface area contributed by atoms with Crippen LogP contribution in [0.4, 0.5) is 0 Å². The molecule has 1 heterocycles. The molecule has 1 amide bonds. The molecule has 1 aliphatic heterocycles. The molecule has 0 spiro atoms. The minimum absolute atomic E-state index is 0.163. The van der Waals surface area contributed by atoms with Gasteiger partial charge in [-0.15, -0.1) is 0 Å². The summed E-state index contributed by atoms with van der Waals surface area (Å²) in [6.45, 7) is 7.27. The van der Waals surface area contributed by atoms with E-state index >= 15 is 0 Å². The summed E-state index contributed by atoms with van der Waals surface area (Å²) >= 11 is 0. The fourth-order valence-corrected chi connectivity index (χ4v) is 2.06. The van der Waals surface area contributed by atoms with E-state index in [2.05, 4.69) is 6.07 Å². The topological polar surface area (TPSA) is 20.3 Å². The van der Waals surface area contributed by atoms with E-state index in [0.717, 1.165) is 31.4 Å². The van der Waals surface area contributed by atoms with E-state index in [1.54, 1.807) is 6.92 Å². The lowest BCUT2D eigenvalue weighted by Crippen LogP contribution is -2.30. The lowest BCUT2D eigenvalue weighted by molar-refractivity contribution is -0.128. The van der Waals surface area contributed by atoms with Crippen molar-refractivity contribution in [3.8, 4) is 0 Å². The Morgan fingerprint density at radius 2 is 1.76 bits per heavy atom. The van der Waals surface area contributed by atoms with Crippen LogP contribution in [0, 0.1) is 0 Å². The largest absolute Gasteiger partial charge is 0.342 e. The molecule has 2 rings (SSSR count). The zero-order valence-electron chi connectivity index (χ0n) is 11.0. The normalized spacial score (nSPS) is 14.2. The Balaban J connectivity index is 0.000000686. The molecular formula is C14H20BNO. The monoisotopic (exact) mass is 229 g/mol. The molecule has 1 aliphatic rings. The molecule has 0 aromatic heterocycles. The van der Waals surface area contributed by atoms with Gasteiger partial charge in [-0.25, -0.2) is 0 Å². The second-order valence-corrected chi connectivity index (χ2v) is 4.03. The van der Waals surface area contributed by atoms with Gasteiger partial charge in [0.05, 0.1) is 0 Å². The summed E-state index contributed by atoms with van der Waals surface area (Å²) in [7, 11) is 5.75. The molecule has 1 aromatic carbocycles. The zero-order chi connectivity index (χ0) is 12.8. The summed E-state index contributed by atoms with van der Waals surface area (Å²) in [5, 5.41) is 0. The summed E-state index contributed by atoms with van der Waals surface area (Å²) in [6, 6.07) is 6.04. The average Bonchev–Trinajstić information content (AvgIpc) is 2.53. The van der Waals surface area contributed by atoms with E-state index in [1.807, 2.05) is 30.9 Å². The summed E-state index contributed by atoms with van der Waals surface area (Å²) in [5.74, 6) is 0.163. The number of nitrogens with zero attached hydrogens (tertiary/aromatic N) is 1. The van der Waals surface area contributed by atoms with Gasteiger partial charge < -0.3 is 4.90 Å². The first kappa shape index (κ1) is 13.8. The molecule has 0 N–H and O–H groups in total. The Kier molecular flexibility index (Phi) is 5.27. The molecule has 90 valence electrons. The fraction of sp³-hybridized carbons (Fsp3) is 0.500. The molecule has 0 aliphatic carbocycles. The van der Waals surface area contributed by atoms with Crippen LogP contribution in [-0.4, -0.2) is 31.7 Å². The molecule has 0 unspecified atom stereocenters. The number of hydrogen-bond acceptors (Lipinski definition) is 1. The van der Waals surface area contributed by atoms with Gasteiger partial charge in [-0.3, -0.25) is 4.79 Å². The summed E-state index contributed by atoms with van der Waals surface area (Å²) in [4.78, 5) is 13.2. The van der Waals surface area contributed by atoms with Crippen LogP contribution in [0.15, 0.2) is 18.2 Å². The molecular weight excluding hydrogens is 209 g/mol. The van der Waals surface area contributed by atoms with Crippen LogP contribution in [0.25, 0.3) is 0 Å². The Morgan fingerprint density at radius 3 is 2.35 bits per heavy atom. The average molecular weight is 229 g/mol. The SMILES string of the molecule is CC.[B]c1ccc2c(c1)CCN(C(C)=O)CC2. The molecule has 3 heteroatoms. The second kappa shape index (κ2) is 6.48. The molecule has 0 bridgehead atoms. The Bertz CT molecular complexity index is 390. The van der Waals surface area contributed by atoms with E-state index in [0.29, 0.717) is 0 Å². The first-order valence-corrected chi connectivity index (χ1v) is 6.29. The molecule has 1 aromatic rings. The third-order valence-electron chi connectivity index (χ3n) is 2.98. The van der Waals surface area contributed by atoms with E-state index in [-0.39, 0.29) is 5.91 Å². The Morgan fingerprint density at radius 1 is 1.18 bits per heavy atom. The van der Waals surface area contributed by atoms with Crippen molar-refractivity contribution >= 4 is 19.2 Å². The van der Waals surface area contributed by atoms with Gasteiger partial charge in [0.1, 0.15) is 7.85 Å². The highest BCUT2D eigenvalue weighted by Crippen LogP contribution is 2.14. The van der Waals surface area contributed by atoms with E-state index < -0.39 is 0 Å². The van der Waals surface area contributed by atoms with E-state index in [1.165, 1.54) is 11.1 Å². The summed E-state index contributed by atoms with van der Waals surface area (Å²) in [6.07, 6.45) is 1.86. The van der Waals surface area contributed by atoms with E-state index in [9.17, 15) is 4.79 Å². The predicted octanol–water partition coefficient (Wildman–Crippen LogP) is 1.45. The van der Waals surface area contributed by atoms with Crippen molar-refractivity contribution in [3.63, 3.8) is 0 Å². The number of carbonyl (C=O) groups excluding carboxylic acids is 1. The predicted molar refractivity (Wildman–Crippen MR) is 72.8 cm³/mol. The smallest absolute Gasteiger partial charge is 0.219 e. The third-order valence-corrected chi connectivity index (χ3v) is 2.98. The fourth-order valence-electron chi connectivity index (χ4n) is 2.06. The highest BCUT2D eigenvalue weighted by atomic mass is 16.2. The molecule has 0 fully saturated rings. The van der Waals surface area contributed by atoms with Crippen LogP contribution < -0.4 is 5.46 Å². The quantitative estimate of drug-likeness (QED) is 0.616. The molecule has 17 heavy (non-hydrogen) atoms. The van der Waals surface area contributed by atoms with E-state index in [4.69, 9.17) is 7.85 Å². The minimum Gasteiger partial charge on any atom is -0.342 e. The highest BCUT2D eigenvalue weighted by molar-refractivity contribution is 6.32. The van der Waals surface area contributed by atoms with Crippen LogP contribution in [0.1, 0.15) is 31.9 Å². The van der Waals surface area contributed by atoms with Gasteiger partial charge in [0.25, 0.3) is 0 Å². The number of rotatable bonds is 0. The van der Waals surface area contributed by atoms with Crippen molar-refractivity contribution in [1.29, 1.82) is 0 Å². The van der Waals surface area contributed by atoms with Crippen molar-refractivity contribution in [3.05, 3.63) is 29.3 Å². The summed E-state index contributed by atoms with van der Waals surface area (Å²) < 4.78 is 0. The molecule has 0 saturated heterocycles. The molecule has 0 saturated carbocycles. The maximum atomic E-state index is 11.3. The van der Waals surface area contributed by atoms with Crippen LogP contribution in [0.5, 0.6) is 0 Å². The van der Waals surface area contributed by atoms with Gasteiger partial charge in [0, 0.05) is 20.0 Å². The van der Waals surface area contributed by atoms with Gasteiger partial charge in [0.2, 0.25) is 5.91 Å². The van der Waals surface area contributed by atoms with Crippen LogP contribution in [-0.2, 0) is 17.6 Å². The Labute approximate surface area is 105 Å². The van der Waals surface area contributed by atoms with Gasteiger partial charge in [0.15, 0.2) is 0 Å².